The van der Waals surface area contributed by atoms with Gasteiger partial charge in [0.05, 0.1) is 16.5 Å². The zero-order valence-electron chi connectivity index (χ0n) is 10.7. The quantitative estimate of drug-likeness (QED) is 0.815. The molecular weight excluding hydrogens is 266 g/mol. The van der Waals surface area contributed by atoms with Crippen molar-refractivity contribution in [3.05, 3.63) is 35.4 Å². The molecule has 0 saturated heterocycles. The standard InChI is InChI=1S/C13H19NO2S2/c1-10(2)12-5-3-11(4-6-12)9-18(15,16)8-7-13(14)17/h3-6,10H,7-9H2,1-2H3,(H2,14,17). The van der Waals surface area contributed by atoms with E-state index in [0.29, 0.717) is 5.92 Å². The van der Waals surface area contributed by atoms with Crippen LogP contribution in [0, 0.1) is 0 Å². The normalized spacial score (nSPS) is 11.7. The third-order valence-corrected chi connectivity index (χ3v) is 4.50. The van der Waals surface area contributed by atoms with Crippen LogP contribution >= 0.6 is 12.2 Å². The van der Waals surface area contributed by atoms with E-state index in [0.717, 1.165) is 5.56 Å². The minimum Gasteiger partial charge on any atom is -0.393 e. The summed E-state index contributed by atoms with van der Waals surface area (Å²) in [5.41, 5.74) is 7.33. The molecule has 0 amide bonds. The van der Waals surface area contributed by atoms with Crippen molar-refractivity contribution in [3.8, 4) is 0 Å². The lowest BCUT2D eigenvalue weighted by Gasteiger charge is -2.07. The molecule has 0 aliphatic rings. The summed E-state index contributed by atoms with van der Waals surface area (Å²) in [4.78, 5) is 0.244. The molecule has 0 aliphatic heterocycles. The van der Waals surface area contributed by atoms with Crippen molar-refractivity contribution < 1.29 is 8.42 Å². The molecule has 0 radical (unpaired) electrons. The fourth-order valence-electron chi connectivity index (χ4n) is 1.58. The smallest absolute Gasteiger partial charge is 0.154 e. The van der Waals surface area contributed by atoms with Gasteiger partial charge in [-0.1, -0.05) is 50.3 Å². The third kappa shape index (κ3) is 5.14. The van der Waals surface area contributed by atoms with Gasteiger partial charge in [0.1, 0.15) is 0 Å². The molecule has 1 rings (SSSR count). The lowest BCUT2D eigenvalue weighted by molar-refractivity contribution is 0.595. The molecule has 0 aromatic heterocycles. The minimum atomic E-state index is -3.13. The van der Waals surface area contributed by atoms with Gasteiger partial charge in [-0.15, -0.1) is 0 Å². The molecule has 0 aliphatic carbocycles. The fourth-order valence-corrected chi connectivity index (χ4v) is 3.19. The Morgan fingerprint density at radius 2 is 1.83 bits per heavy atom. The Morgan fingerprint density at radius 1 is 1.28 bits per heavy atom. The van der Waals surface area contributed by atoms with Crippen molar-refractivity contribution in [2.24, 2.45) is 5.73 Å². The van der Waals surface area contributed by atoms with E-state index < -0.39 is 9.84 Å². The maximum Gasteiger partial charge on any atom is 0.154 e. The van der Waals surface area contributed by atoms with Crippen molar-refractivity contribution in [3.63, 3.8) is 0 Å². The van der Waals surface area contributed by atoms with Crippen molar-refractivity contribution in [1.82, 2.24) is 0 Å². The zero-order valence-corrected chi connectivity index (χ0v) is 12.4. The second-order valence-corrected chi connectivity index (χ2v) is 7.41. The molecule has 0 atom stereocenters. The van der Waals surface area contributed by atoms with Crippen molar-refractivity contribution in [1.29, 1.82) is 0 Å². The van der Waals surface area contributed by atoms with Gasteiger partial charge in [-0.05, 0) is 17.0 Å². The summed E-state index contributed by atoms with van der Waals surface area (Å²) in [5.74, 6) is 0.521. The first-order chi connectivity index (χ1) is 8.30. The monoisotopic (exact) mass is 285 g/mol. The van der Waals surface area contributed by atoms with E-state index in [1.807, 2.05) is 24.3 Å². The predicted octanol–water partition coefficient (Wildman–Crippen LogP) is 2.40. The lowest BCUT2D eigenvalue weighted by Crippen LogP contribution is -2.16. The third-order valence-electron chi connectivity index (χ3n) is 2.69. The average Bonchev–Trinajstić information content (AvgIpc) is 2.27. The van der Waals surface area contributed by atoms with Crippen LogP contribution in [0.1, 0.15) is 37.3 Å². The summed E-state index contributed by atoms with van der Waals surface area (Å²) in [7, 11) is -3.13. The fraction of sp³-hybridized carbons (Fsp3) is 0.462. The van der Waals surface area contributed by atoms with E-state index in [4.69, 9.17) is 5.73 Å². The first kappa shape index (κ1) is 15.1. The van der Waals surface area contributed by atoms with Crippen LogP contribution in [-0.2, 0) is 15.6 Å². The highest BCUT2D eigenvalue weighted by molar-refractivity contribution is 7.90. The maximum atomic E-state index is 11.8. The van der Waals surface area contributed by atoms with Crippen LogP contribution in [0.4, 0.5) is 0 Å². The highest BCUT2D eigenvalue weighted by Gasteiger charge is 2.12. The van der Waals surface area contributed by atoms with E-state index in [9.17, 15) is 8.42 Å². The molecule has 0 fully saturated rings. The summed E-state index contributed by atoms with van der Waals surface area (Å²) in [6.07, 6.45) is 0.252. The molecule has 3 nitrogen and oxygen atoms in total. The number of rotatable bonds is 6. The number of hydrogen-bond acceptors (Lipinski definition) is 3. The molecule has 18 heavy (non-hydrogen) atoms. The van der Waals surface area contributed by atoms with Gasteiger partial charge in [-0.3, -0.25) is 0 Å². The van der Waals surface area contributed by atoms with Crippen LogP contribution in [0.5, 0.6) is 0 Å². The van der Waals surface area contributed by atoms with Gasteiger partial charge >= 0.3 is 0 Å². The molecule has 0 bridgehead atoms. The second-order valence-electron chi connectivity index (χ2n) is 4.70. The predicted molar refractivity (Wildman–Crippen MR) is 79.4 cm³/mol. The van der Waals surface area contributed by atoms with E-state index in [1.54, 1.807) is 0 Å². The number of benzene rings is 1. The topological polar surface area (TPSA) is 60.2 Å². The molecule has 1 aromatic carbocycles. The molecule has 100 valence electrons. The first-order valence-electron chi connectivity index (χ1n) is 5.88. The van der Waals surface area contributed by atoms with E-state index in [2.05, 4.69) is 26.1 Å². The zero-order chi connectivity index (χ0) is 13.8. The van der Waals surface area contributed by atoms with Crippen LogP contribution in [0.3, 0.4) is 0 Å². The van der Waals surface area contributed by atoms with Crippen molar-refractivity contribution in [2.45, 2.75) is 31.9 Å². The van der Waals surface area contributed by atoms with Crippen LogP contribution < -0.4 is 5.73 Å². The number of hydrogen-bond donors (Lipinski definition) is 1. The van der Waals surface area contributed by atoms with Gasteiger partial charge in [0.2, 0.25) is 0 Å². The Kier molecular flexibility index (Phi) is 5.28. The molecule has 0 heterocycles. The van der Waals surface area contributed by atoms with Crippen LogP contribution in [0.15, 0.2) is 24.3 Å². The lowest BCUT2D eigenvalue weighted by atomic mass is 10.0. The van der Waals surface area contributed by atoms with Crippen molar-refractivity contribution >= 4 is 27.0 Å². The number of sulfone groups is 1. The van der Waals surface area contributed by atoms with Crippen molar-refractivity contribution in [2.75, 3.05) is 5.75 Å². The Morgan fingerprint density at radius 3 is 2.28 bits per heavy atom. The Bertz CT molecular complexity index is 504. The largest absolute Gasteiger partial charge is 0.393 e. The van der Waals surface area contributed by atoms with Gasteiger partial charge in [-0.25, -0.2) is 8.42 Å². The Labute approximate surface area is 114 Å². The second kappa shape index (κ2) is 6.29. The minimum absolute atomic E-state index is 0.0221. The van der Waals surface area contributed by atoms with Crippen LogP contribution in [0.2, 0.25) is 0 Å². The van der Waals surface area contributed by atoms with Gasteiger partial charge in [0.25, 0.3) is 0 Å². The summed E-state index contributed by atoms with van der Waals surface area (Å²) in [6.45, 7) is 4.21. The summed E-state index contributed by atoms with van der Waals surface area (Å²) >= 11 is 4.69. The van der Waals surface area contributed by atoms with Gasteiger partial charge in [0, 0.05) is 6.42 Å². The van der Waals surface area contributed by atoms with Crippen LogP contribution in [0.25, 0.3) is 0 Å². The Hall–Kier alpha value is -0.940. The summed E-state index contributed by atoms with van der Waals surface area (Å²) in [6, 6.07) is 7.69. The SMILES string of the molecule is CC(C)c1ccc(CS(=O)(=O)CCC(N)=S)cc1. The molecular formula is C13H19NO2S2. The van der Waals surface area contributed by atoms with E-state index >= 15 is 0 Å². The number of thiocarbonyl (C=S) groups is 1. The average molecular weight is 285 g/mol. The highest BCUT2D eigenvalue weighted by atomic mass is 32.2. The molecule has 0 unspecified atom stereocenters. The number of nitrogens with two attached hydrogens (primary N) is 1. The summed E-state index contributed by atoms with van der Waals surface area (Å²) < 4.78 is 23.6. The molecule has 0 spiro atoms. The van der Waals surface area contributed by atoms with Gasteiger partial charge in [-0.2, -0.15) is 0 Å². The molecule has 5 heteroatoms. The first-order valence-corrected chi connectivity index (χ1v) is 8.10. The molecule has 2 N–H and O–H groups in total. The van der Waals surface area contributed by atoms with Gasteiger partial charge in [0.15, 0.2) is 9.84 Å². The van der Waals surface area contributed by atoms with Crippen LogP contribution in [-0.4, -0.2) is 19.2 Å². The maximum absolute atomic E-state index is 11.8. The van der Waals surface area contributed by atoms with Gasteiger partial charge < -0.3 is 5.73 Å². The molecule has 0 saturated carbocycles. The van der Waals surface area contributed by atoms with E-state index in [-0.39, 0.29) is 22.9 Å². The Balaban J connectivity index is 2.69. The van der Waals surface area contributed by atoms with E-state index in [1.165, 1.54) is 5.56 Å². The molecule has 1 aromatic rings. The summed E-state index contributed by atoms with van der Waals surface area (Å²) in [5, 5.41) is 0. The highest BCUT2D eigenvalue weighted by Crippen LogP contribution is 2.16.